The molecule has 15 heavy (non-hydrogen) atoms. The van der Waals surface area contributed by atoms with Crippen molar-refractivity contribution in [2.45, 2.75) is 25.7 Å². The van der Waals surface area contributed by atoms with Gasteiger partial charge in [0.15, 0.2) is 0 Å². The predicted molar refractivity (Wildman–Crippen MR) is 59.5 cm³/mol. The van der Waals surface area contributed by atoms with Gasteiger partial charge < -0.3 is 0 Å². The molecule has 0 aromatic heterocycles. The van der Waals surface area contributed by atoms with E-state index < -0.39 is 0 Å². The minimum absolute atomic E-state index is 0.227. The molecule has 3 heteroatoms. The lowest BCUT2D eigenvalue weighted by Gasteiger charge is -2.12. The van der Waals surface area contributed by atoms with Crippen LogP contribution in [0.25, 0.3) is 5.57 Å². The Morgan fingerprint density at radius 2 is 2.00 bits per heavy atom. The van der Waals surface area contributed by atoms with Gasteiger partial charge in [0.05, 0.1) is 10.5 Å². The van der Waals surface area contributed by atoms with Crippen LogP contribution >= 0.6 is 0 Å². The van der Waals surface area contributed by atoms with Gasteiger partial charge in [-0.15, -0.1) is 0 Å². The lowest BCUT2D eigenvalue weighted by molar-refractivity contribution is -0.385. The molecule has 0 heterocycles. The molecule has 3 nitrogen and oxygen atoms in total. The third kappa shape index (κ3) is 2.06. The van der Waals surface area contributed by atoms with Crippen LogP contribution < -0.4 is 0 Å². The number of nitro benzene ring substituents is 1. The maximum absolute atomic E-state index is 10.8. The number of hydrogen-bond acceptors (Lipinski definition) is 2. The highest BCUT2D eigenvalue weighted by Crippen LogP contribution is 2.32. The monoisotopic (exact) mass is 203 g/mol. The molecule has 0 saturated carbocycles. The van der Waals surface area contributed by atoms with E-state index in [2.05, 4.69) is 6.08 Å². The van der Waals surface area contributed by atoms with Crippen molar-refractivity contribution in [1.29, 1.82) is 0 Å². The van der Waals surface area contributed by atoms with Crippen molar-refractivity contribution in [3.8, 4) is 0 Å². The van der Waals surface area contributed by atoms with Crippen LogP contribution in [0.4, 0.5) is 5.69 Å². The smallest absolute Gasteiger partial charge is 0.258 e. The number of allylic oxidation sites excluding steroid dienone is 2. The molecule has 0 N–H and O–H groups in total. The number of nitro groups is 1. The van der Waals surface area contributed by atoms with E-state index in [4.69, 9.17) is 0 Å². The predicted octanol–water partition coefficient (Wildman–Crippen LogP) is 3.55. The standard InChI is InChI=1S/C12H13NO2/c14-13(15)12-9-5-4-8-11(12)10-6-2-1-3-7-10/h4-6,8-9H,1-3,7H2. The summed E-state index contributed by atoms with van der Waals surface area (Å²) in [4.78, 5) is 10.5. The highest BCUT2D eigenvalue weighted by Gasteiger charge is 2.16. The maximum atomic E-state index is 10.8. The molecule has 1 aliphatic rings. The molecule has 78 valence electrons. The largest absolute Gasteiger partial charge is 0.276 e. The molecule has 1 aromatic carbocycles. The van der Waals surface area contributed by atoms with Crippen LogP contribution in [0.1, 0.15) is 31.2 Å². The van der Waals surface area contributed by atoms with E-state index in [0.717, 1.165) is 30.4 Å². The molecule has 0 amide bonds. The molecular formula is C12H13NO2. The Balaban J connectivity index is 2.42. The first-order chi connectivity index (χ1) is 7.29. The van der Waals surface area contributed by atoms with Gasteiger partial charge in [-0.2, -0.15) is 0 Å². The fourth-order valence-corrected chi connectivity index (χ4v) is 1.99. The Bertz CT molecular complexity index is 410. The fraction of sp³-hybridized carbons (Fsp3) is 0.333. The van der Waals surface area contributed by atoms with Gasteiger partial charge in [-0.25, -0.2) is 0 Å². The molecular weight excluding hydrogens is 190 g/mol. The van der Waals surface area contributed by atoms with Crippen molar-refractivity contribution in [3.63, 3.8) is 0 Å². The first kappa shape index (κ1) is 9.90. The summed E-state index contributed by atoms with van der Waals surface area (Å²) in [7, 11) is 0. The average molecular weight is 203 g/mol. The highest BCUT2D eigenvalue weighted by atomic mass is 16.6. The van der Waals surface area contributed by atoms with Crippen molar-refractivity contribution in [2.75, 3.05) is 0 Å². The molecule has 0 spiro atoms. The molecule has 0 bridgehead atoms. The van der Waals surface area contributed by atoms with Crippen LogP contribution in [0.2, 0.25) is 0 Å². The number of nitrogens with zero attached hydrogens (tertiary/aromatic N) is 1. The molecule has 2 rings (SSSR count). The van der Waals surface area contributed by atoms with Gasteiger partial charge in [-0.1, -0.05) is 18.2 Å². The first-order valence-electron chi connectivity index (χ1n) is 5.22. The Labute approximate surface area is 88.6 Å². The second-order valence-corrected chi connectivity index (χ2v) is 3.75. The van der Waals surface area contributed by atoms with E-state index >= 15 is 0 Å². The van der Waals surface area contributed by atoms with Crippen LogP contribution in [0.5, 0.6) is 0 Å². The average Bonchev–Trinajstić information content (AvgIpc) is 2.30. The van der Waals surface area contributed by atoms with E-state index in [0.29, 0.717) is 0 Å². The van der Waals surface area contributed by atoms with Crippen molar-refractivity contribution in [1.82, 2.24) is 0 Å². The van der Waals surface area contributed by atoms with Gasteiger partial charge in [-0.05, 0) is 37.3 Å². The van der Waals surface area contributed by atoms with Gasteiger partial charge in [0.1, 0.15) is 0 Å². The van der Waals surface area contributed by atoms with Gasteiger partial charge in [-0.3, -0.25) is 10.1 Å². The lowest BCUT2D eigenvalue weighted by atomic mass is 9.93. The normalized spacial score (nSPS) is 15.9. The molecule has 0 aliphatic heterocycles. The Morgan fingerprint density at radius 3 is 2.67 bits per heavy atom. The minimum Gasteiger partial charge on any atom is -0.258 e. The van der Waals surface area contributed by atoms with E-state index in [9.17, 15) is 10.1 Å². The SMILES string of the molecule is O=[N+]([O-])c1ccccc1C1=CCCCC1. The van der Waals surface area contributed by atoms with Crippen molar-refractivity contribution >= 4 is 11.3 Å². The lowest BCUT2D eigenvalue weighted by Crippen LogP contribution is -1.97. The van der Waals surface area contributed by atoms with E-state index in [-0.39, 0.29) is 10.6 Å². The van der Waals surface area contributed by atoms with E-state index in [1.165, 1.54) is 6.42 Å². The van der Waals surface area contributed by atoms with Crippen molar-refractivity contribution < 1.29 is 4.92 Å². The molecule has 1 aromatic rings. The van der Waals surface area contributed by atoms with Crippen LogP contribution in [-0.4, -0.2) is 4.92 Å². The van der Waals surface area contributed by atoms with Crippen molar-refractivity contribution in [3.05, 3.63) is 46.0 Å². The molecule has 0 radical (unpaired) electrons. The second kappa shape index (κ2) is 4.26. The fourth-order valence-electron chi connectivity index (χ4n) is 1.99. The molecule has 1 aliphatic carbocycles. The van der Waals surface area contributed by atoms with Gasteiger partial charge >= 0.3 is 0 Å². The number of para-hydroxylation sites is 1. The van der Waals surface area contributed by atoms with E-state index in [1.54, 1.807) is 12.1 Å². The summed E-state index contributed by atoms with van der Waals surface area (Å²) in [6, 6.07) is 6.99. The van der Waals surface area contributed by atoms with Gasteiger partial charge in [0, 0.05) is 6.07 Å². The quantitative estimate of drug-likeness (QED) is 0.545. The Morgan fingerprint density at radius 1 is 1.20 bits per heavy atom. The third-order valence-electron chi connectivity index (χ3n) is 2.74. The summed E-state index contributed by atoms with van der Waals surface area (Å²) in [5.41, 5.74) is 2.15. The van der Waals surface area contributed by atoms with Crippen LogP contribution in [0, 0.1) is 10.1 Å². The first-order valence-corrected chi connectivity index (χ1v) is 5.22. The number of rotatable bonds is 2. The summed E-state index contributed by atoms with van der Waals surface area (Å²) in [5.74, 6) is 0. The zero-order valence-electron chi connectivity index (χ0n) is 8.48. The molecule has 0 unspecified atom stereocenters. The molecule has 0 saturated heterocycles. The topological polar surface area (TPSA) is 43.1 Å². The number of benzene rings is 1. The van der Waals surface area contributed by atoms with Crippen LogP contribution in [0.3, 0.4) is 0 Å². The zero-order chi connectivity index (χ0) is 10.7. The van der Waals surface area contributed by atoms with Crippen molar-refractivity contribution in [2.24, 2.45) is 0 Å². The van der Waals surface area contributed by atoms with Crippen LogP contribution in [-0.2, 0) is 0 Å². The summed E-state index contributed by atoms with van der Waals surface area (Å²) >= 11 is 0. The summed E-state index contributed by atoms with van der Waals surface area (Å²) < 4.78 is 0. The maximum Gasteiger partial charge on any atom is 0.276 e. The Hall–Kier alpha value is -1.64. The minimum atomic E-state index is -0.301. The third-order valence-corrected chi connectivity index (χ3v) is 2.74. The Kier molecular flexibility index (Phi) is 2.81. The van der Waals surface area contributed by atoms with Gasteiger partial charge in [0.2, 0.25) is 0 Å². The van der Waals surface area contributed by atoms with E-state index in [1.807, 2.05) is 12.1 Å². The van der Waals surface area contributed by atoms with Gasteiger partial charge in [0.25, 0.3) is 5.69 Å². The molecule has 0 fully saturated rings. The summed E-state index contributed by atoms with van der Waals surface area (Å²) in [6.45, 7) is 0. The zero-order valence-corrected chi connectivity index (χ0v) is 8.48. The van der Waals surface area contributed by atoms with Crippen LogP contribution in [0.15, 0.2) is 30.3 Å². The summed E-state index contributed by atoms with van der Waals surface area (Å²) in [5, 5.41) is 10.8. The second-order valence-electron chi connectivity index (χ2n) is 3.75. The highest BCUT2D eigenvalue weighted by molar-refractivity contribution is 5.73. The molecule has 0 atom stereocenters. The number of hydrogen-bond donors (Lipinski definition) is 0. The summed E-state index contributed by atoms with van der Waals surface area (Å²) in [6.07, 6.45) is 6.47.